The molecule has 1 aliphatic rings. The summed E-state index contributed by atoms with van der Waals surface area (Å²) in [5.41, 5.74) is 2.01. The molecule has 1 amide bonds. The van der Waals surface area contributed by atoms with Gasteiger partial charge in [-0.2, -0.15) is 0 Å². The van der Waals surface area contributed by atoms with Gasteiger partial charge in [0.05, 0.1) is 12.3 Å². The molecule has 0 fully saturated rings. The summed E-state index contributed by atoms with van der Waals surface area (Å²) in [4.78, 5) is 11.6. The highest BCUT2D eigenvalue weighted by Crippen LogP contribution is 2.33. The van der Waals surface area contributed by atoms with Gasteiger partial charge in [0.15, 0.2) is 22.5 Å². The number of carbonyl (C=O) groups excluding carboxylic acids is 1. The van der Waals surface area contributed by atoms with Crippen LogP contribution in [-0.4, -0.2) is 40.3 Å². The van der Waals surface area contributed by atoms with Crippen molar-refractivity contribution in [2.75, 3.05) is 19.6 Å². The molecule has 7 nitrogen and oxygen atoms in total. The number of thioether (sulfide) groups is 1. The average Bonchev–Trinajstić information content (AvgIpc) is 3.33. The standard InChI is InChI=1S/C19H18N4O3S/c1-20-17(24)11-27-19-22-21-18(14-5-3-2-4-6-14)23(19)10-13-7-8-15-16(9-13)26-12-25-15/h2-9H,10-12H2,1H3,(H,20,24). The normalized spacial score (nSPS) is 12.2. The fraction of sp³-hybridized carbons (Fsp3) is 0.211. The Morgan fingerprint density at radius 1 is 1.15 bits per heavy atom. The molecule has 3 aromatic rings. The minimum Gasteiger partial charge on any atom is -0.454 e. The third-order valence-electron chi connectivity index (χ3n) is 4.14. The molecule has 0 aliphatic carbocycles. The molecule has 8 heteroatoms. The second kappa shape index (κ2) is 7.71. The second-order valence-electron chi connectivity index (χ2n) is 5.91. The number of carbonyl (C=O) groups is 1. The van der Waals surface area contributed by atoms with Crippen molar-refractivity contribution in [3.8, 4) is 22.9 Å². The Morgan fingerprint density at radius 3 is 2.78 bits per heavy atom. The lowest BCUT2D eigenvalue weighted by molar-refractivity contribution is -0.118. The van der Waals surface area contributed by atoms with Gasteiger partial charge in [0.2, 0.25) is 12.7 Å². The Labute approximate surface area is 160 Å². The van der Waals surface area contributed by atoms with Gasteiger partial charge >= 0.3 is 0 Å². The smallest absolute Gasteiger partial charge is 0.231 e. The third-order valence-corrected chi connectivity index (χ3v) is 5.10. The van der Waals surface area contributed by atoms with Crippen molar-refractivity contribution in [2.45, 2.75) is 11.7 Å². The van der Waals surface area contributed by atoms with Crippen molar-refractivity contribution in [1.29, 1.82) is 0 Å². The van der Waals surface area contributed by atoms with E-state index in [1.807, 2.05) is 53.1 Å². The average molecular weight is 382 g/mol. The largest absolute Gasteiger partial charge is 0.454 e. The first kappa shape index (κ1) is 17.4. The number of rotatable bonds is 6. The number of nitrogens with one attached hydrogen (secondary N) is 1. The van der Waals surface area contributed by atoms with Crippen LogP contribution in [0.1, 0.15) is 5.56 Å². The minimum absolute atomic E-state index is 0.0566. The van der Waals surface area contributed by atoms with Gasteiger partial charge in [-0.25, -0.2) is 0 Å². The molecule has 138 valence electrons. The summed E-state index contributed by atoms with van der Waals surface area (Å²) in [5.74, 6) is 2.47. The van der Waals surface area contributed by atoms with E-state index >= 15 is 0 Å². The van der Waals surface area contributed by atoms with Crippen LogP contribution in [0.2, 0.25) is 0 Å². The predicted octanol–water partition coefficient (Wildman–Crippen LogP) is 2.56. The third kappa shape index (κ3) is 3.75. The fourth-order valence-electron chi connectivity index (χ4n) is 2.76. The maximum absolute atomic E-state index is 11.6. The molecule has 0 spiro atoms. The Balaban J connectivity index is 1.67. The van der Waals surface area contributed by atoms with Crippen molar-refractivity contribution in [3.63, 3.8) is 0 Å². The van der Waals surface area contributed by atoms with E-state index in [0.29, 0.717) is 11.7 Å². The van der Waals surface area contributed by atoms with Crippen molar-refractivity contribution in [3.05, 3.63) is 54.1 Å². The number of fused-ring (bicyclic) bond motifs is 1. The highest BCUT2D eigenvalue weighted by molar-refractivity contribution is 7.99. The summed E-state index contributed by atoms with van der Waals surface area (Å²) in [5, 5.41) is 12.0. The van der Waals surface area contributed by atoms with Crippen LogP contribution in [0.4, 0.5) is 0 Å². The van der Waals surface area contributed by atoms with Crippen molar-refractivity contribution in [1.82, 2.24) is 20.1 Å². The predicted molar refractivity (Wildman–Crippen MR) is 102 cm³/mol. The first-order valence-electron chi connectivity index (χ1n) is 8.45. The molecule has 0 saturated heterocycles. The van der Waals surface area contributed by atoms with E-state index in [-0.39, 0.29) is 18.5 Å². The van der Waals surface area contributed by atoms with Crippen LogP contribution in [0.3, 0.4) is 0 Å². The van der Waals surface area contributed by atoms with Crippen LogP contribution < -0.4 is 14.8 Å². The van der Waals surface area contributed by atoms with Gasteiger partial charge in [0, 0.05) is 12.6 Å². The molecule has 1 N–H and O–H groups in total. The first-order chi connectivity index (χ1) is 13.2. The van der Waals surface area contributed by atoms with Crippen molar-refractivity contribution in [2.24, 2.45) is 0 Å². The summed E-state index contributed by atoms with van der Waals surface area (Å²) in [7, 11) is 1.62. The van der Waals surface area contributed by atoms with Gasteiger partial charge in [0.25, 0.3) is 0 Å². The molecule has 1 aromatic heterocycles. The maximum Gasteiger partial charge on any atom is 0.231 e. The molecule has 2 aromatic carbocycles. The molecule has 4 rings (SSSR count). The van der Waals surface area contributed by atoms with Gasteiger partial charge in [-0.1, -0.05) is 48.2 Å². The quantitative estimate of drug-likeness (QED) is 0.660. The number of hydrogen-bond donors (Lipinski definition) is 1. The lowest BCUT2D eigenvalue weighted by Gasteiger charge is -2.11. The highest BCUT2D eigenvalue weighted by atomic mass is 32.2. The van der Waals surface area contributed by atoms with Crippen molar-refractivity contribution < 1.29 is 14.3 Å². The zero-order valence-electron chi connectivity index (χ0n) is 14.7. The lowest BCUT2D eigenvalue weighted by Crippen LogP contribution is -2.20. The van der Waals surface area contributed by atoms with Crippen molar-refractivity contribution >= 4 is 17.7 Å². The fourth-order valence-corrected chi connectivity index (χ4v) is 3.57. The Morgan fingerprint density at radius 2 is 1.96 bits per heavy atom. The molecule has 0 bridgehead atoms. The van der Waals surface area contributed by atoms with Crippen LogP contribution in [-0.2, 0) is 11.3 Å². The molecular weight excluding hydrogens is 364 g/mol. The van der Waals surface area contributed by atoms with Crippen LogP contribution in [0, 0.1) is 0 Å². The second-order valence-corrected chi connectivity index (χ2v) is 6.85. The van der Waals surface area contributed by atoms with Crippen LogP contribution in [0.25, 0.3) is 11.4 Å². The Kier molecular flexibility index (Phi) is 4.97. The van der Waals surface area contributed by atoms with Gasteiger partial charge in [-0.05, 0) is 17.7 Å². The number of amides is 1. The number of hydrogen-bond acceptors (Lipinski definition) is 6. The van der Waals surface area contributed by atoms with E-state index in [1.165, 1.54) is 11.8 Å². The summed E-state index contributed by atoms with van der Waals surface area (Å²) in [6.45, 7) is 0.803. The molecule has 0 atom stereocenters. The van der Waals surface area contributed by atoms with Gasteiger partial charge in [0.1, 0.15) is 0 Å². The van der Waals surface area contributed by atoms with Crippen LogP contribution in [0.5, 0.6) is 11.5 Å². The number of benzene rings is 2. The number of aromatic nitrogens is 3. The summed E-state index contributed by atoms with van der Waals surface area (Å²) < 4.78 is 12.9. The topological polar surface area (TPSA) is 78.3 Å². The summed E-state index contributed by atoms with van der Waals surface area (Å²) in [6.07, 6.45) is 0. The molecule has 0 unspecified atom stereocenters. The van der Waals surface area contributed by atoms with E-state index in [9.17, 15) is 4.79 Å². The van der Waals surface area contributed by atoms with E-state index in [0.717, 1.165) is 28.5 Å². The monoisotopic (exact) mass is 382 g/mol. The number of nitrogens with zero attached hydrogens (tertiary/aromatic N) is 3. The Bertz CT molecular complexity index is 959. The molecule has 0 saturated carbocycles. The minimum atomic E-state index is -0.0566. The van der Waals surface area contributed by atoms with Crippen LogP contribution in [0.15, 0.2) is 53.7 Å². The van der Waals surface area contributed by atoms with Gasteiger partial charge in [-0.15, -0.1) is 10.2 Å². The van der Waals surface area contributed by atoms with Crippen LogP contribution >= 0.6 is 11.8 Å². The summed E-state index contributed by atoms with van der Waals surface area (Å²) in [6, 6.07) is 15.7. The molecule has 2 heterocycles. The Hall–Kier alpha value is -3.00. The van der Waals surface area contributed by atoms with Gasteiger partial charge in [-0.3, -0.25) is 9.36 Å². The highest BCUT2D eigenvalue weighted by Gasteiger charge is 2.18. The molecule has 0 radical (unpaired) electrons. The number of ether oxygens (including phenoxy) is 2. The van der Waals surface area contributed by atoms with E-state index in [1.54, 1.807) is 7.05 Å². The zero-order chi connectivity index (χ0) is 18.6. The SMILES string of the molecule is CNC(=O)CSc1nnc(-c2ccccc2)n1Cc1ccc2c(c1)OCO2. The van der Waals surface area contributed by atoms with E-state index in [4.69, 9.17) is 9.47 Å². The van der Waals surface area contributed by atoms with Gasteiger partial charge < -0.3 is 14.8 Å². The molecule has 1 aliphatic heterocycles. The molecular formula is C19H18N4O3S. The van der Waals surface area contributed by atoms with E-state index in [2.05, 4.69) is 15.5 Å². The lowest BCUT2D eigenvalue weighted by atomic mass is 10.2. The van der Waals surface area contributed by atoms with E-state index < -0.39 is 0 Å². The maximum atomic E-state index is 11.6. The molecule has 27 heavy (non-hydrogen) atoms. The summed E-state index contributed by atoms with van der Waals surface area (Å²) >= 11 is 1.36. The zero-order valence-corrected chi connectivity index (χ0v) is 15.5. The first-order valence-corrected chi connectivity index (χ1v) is 9.43.